The van der Waals surface area contributed by atoms with Gasteiger partial charge in [-0.1, -0.05) is 18.2 Å². The largest absolute Gasteiger partial charge is 2.00 e. The van der Waals surface area contributed by atoms with E-state index in [0.717, 1.165) is 0 Å². The summed E-state index contributed by atoms with van der Waals surface area (Å²) < 4.78 is 0. The van der Waals surface area contributed by atoms with Crippen molar-refractivity contribution in [3.05, 3.63) is 42.8 Å². The van der Waals surface area contributed by atoms with Crippen molar-refractivity contribution in [3.8, 4) is 0 Å². The molecule has 3 heteroatoms. The Balaban J connectivity index is 0. The minimum Gasteiger partial charge on any atom is -0.542 e. The molecule has 0 fully saturated rings. The summed E-state index contributed by atoms with van der Waals surface area (Å²) in [6, 6.07) is 8.99. The molecule has 2 nitrogen and oxygen atoms in total. The van der Waals surface area contributed by atoms with Crippen LogP contribution in [0.3, 0.4) is 0 Å². The summed E-state index contributed by atoms with van der Waals surface area (Å²) in [5.41, 5.74) is 0.664. The first-order chi connectivity index (χ1) is 5.72. The van der Waals surface area contributed by atoms with Gasteiger partial charge in [0.15, 0.2) is 0 Å². The minimum absolute atomic E-state index is 0. The fourth-order valence-corrected chi connectivity index (χ4v) is 0.624. The van der Waals surface area contributed by atoms with Gasteiger partial charge in [-0.05, 0) is 0 Å². The van der Waals surface area contributed by atoms with Gasteiger partial charge in [0.1, 0.15) is 0 Å². The van der Waals surface area contributed by atoms with Crippen LogP contribution >= 0.6 is 0 Å². The first-order valence-electron chi connectivity index (χ1n) is 3.42. The van der Waals surface area contributed by atoms with Crippen LogP contribution in [0, 0.1) is 6.92 Å². The van der Waals surface area contributed by atoms with E-state index >= 15 is 0 Å². The monoisotopic (exact) mass is 186 g/mol. The van der Waals surface area contributed by atoms with E-state index in [4.69, 9.17) is 4.79 Å². The van der Waals surface area contributed by atoms with Crippen LogP contribution in [-0.2, 0) is 4.79 Å². The molecule has 0 amide bonds. The second-order valence-corrected chi connectivity index (χ2v) is 1.99. The molecule has 1 aromatic rings. The summed E-state index contributed by atoms with van der Waals surface area (Å²) in [4.78, 5) is 19.2. The van der Waals surface area contributed by atoms with Gasteiger partial charge in [-0.2, -0.15) is 13.8 Å². The van der Waals surface area contributed by atoms with Crippen LogP contribution in [0.4, 0.5) is 0 Å². The maximum atomic E-state index is 10.5. The van der Waals surface area contributed by atoms with Crippen LogP contribution < -0.4 is 0 Å². The van der Waals surface area contributed by atoms with Gasteiger partial charge >= 0.3 is 23.1 Å². The van der Waals surface area contributed by atoms with E-state index in [2.05, 4.69) is 6.92 Å². The Kier molecular flexibility index (Phi) is 10.5. The smallest absolute Gasteiger partial charge is 0.542 e. The van der Waals surface area contributed by atoms with Gasteiger partial charge in [-0.15, -0.1) is 17.7 Å². The SMILES string of the molecule is C[C-]=O.[CH2-]C(=O)c1ccccc1.[Mg+2]. The molecule has 0 aliphatic rings. The maximum absolute atomic E-state index is 10.5. The van der Waals surface area contributed by atoms with Crippen LogP contribution in [0.25, 0.3) is 0 Å². The number of rotatable bonds is 1. The molecule has 1 aromatic carbocycles. The van der Waals surface area contributed by atoms with Crippen LogP contribution in [0.2, 0.25) is 0 Å². The van der Waals surface area contributed by atoms with E-state index in [1.807, 2.05) is 18.2 Å². The summed E-state index contributed by atoms with van der Waals surface area (Å²) in [7, 11) is 0. The van der Waals surface area contributed by atoms with Crippen molar-refractivity contribution >= 4 is 35.1 Å². The summed E-state index contributed by atoms with van der Waals surface area (Å²) in [5, 5.41) is 0. The van der Waals surface area contributed by atoms with Crippen LogP contribution in [0.5, 0.6) is 0 Å². The third-order valence-corrected chi connectivity index (χ3v) is 1.10. The minimum atomic E-state index is -0.129. The Morgan fingerprint density at radius 3 is 1.92 bits per heavy atom. The molecule has 0 aliphatic carbocycles. The van der Waals surface area contributed by atoms with Gasteiger partial charge in [0.05, 0.1) is 0 Å². The number of carbonyl (C=O) groups excluding carboxylic acids is 2. The van der Waals surface area contributed by atoms with Crippen molar-refractivity contribution in [2.75, 3.05) is 0 Å². The molecule has 64 valence electrons. The zero-order valence-electron chi connectivity index (χ0n) is 7.62. The van der Waals surface area contributed by atoms with E-state index < -0.39 is 0 Å². The van der Waals surface area contributed by atoms with Gasteiger partial charge in [0, 0.05) is 5.78 Å². The molecule has 0 saturated carbocycles. The molecule has 0 spiro atoms. The zero-order chi connectivity index (χ0) is 9.40. The topological polar surface area (TPSA) is 34.1 Å². The average molecular weight is 186 g/mol. The molecule has 0 unspecified atom stereocenters. The second-order valence-electron chi connectivity index (χ2n) is 1.99. The average Bonchev–Trinajstić information content (AvgIpc) is 2.07. The van der Waals surface area contributed by atoms with E-state index in [0.29, 0.717) is 5.56 Å². The second kappa shape index (κ2) is 9.29. The maximum Gasteiger partial charge on any atom is 2.00 e. The Bertz CT molecular complexity index is 244. The van der Waals surface area contributed by atoms with Crippen LogP contribution in [0.15, 0.2) is 30.3 Å². The van der Waals surface area contributed by atoms with E-state index in [9.17, 15) is 4.79 Å². The van der Waals surface area contributed by atoms with Crippen LogP contribution in [0.1, 0.15) is 17.3 Å². The third kappa shape index (κ3) is 7.55. The van der Waals surface area contributed by atoms with Crippen molar-refractivity contribution in [3.63, 3.8) is 0 Å². The molecular formula is C10H10MgO2. The first kappa shape index (κ1) is 14.7. The predicted molar refractivity (Wildman–Crippen MR) is 53.3 cm³/mol. The molecule has 0 aromatic heterocycles. The van der Waals surface area contributed by atoms with Gasteiger partial charge in [0.2, 0.25) is 0 Å². The number of benzene rings is 1. The van der Waals surface area contributed by atoms with Gasteiger partial charge in [0.25, 0.3) is 0 Å². The number of hydrogen-bond acceptors (Lipinski definition) is 2. The van der Waals surface area contributed by atoms with E-state index in [-0.39, 0.29) is 28.8 Å². The molecule has 0 saturated heterocycles. The summed E-state index contributed by atoms with van der Waals surface area (Å²) >= 11 is 0. The molecule has 13 heavy (non-hydrogen) atoms. The normalized spacial score (nSPS) is 7.15. The summed E-state index contributed by atoms with van der Waals surface area (Å²) in [6.45, 7) is 4.59. The molecule has 0 bridgehead atoms. The number of ketones is 1. The summed E-state index contributed by atoms with van der Waals surface area (Å²) in [5.74, 6) is -0.129. The van der Waals surface area contributed by atoms with Crippen molar-refractivity contribution in [2.45, 2.75) is 6.92 Å². The van der Waals surface area contributed by atoms with Crippen molar-refractivity contribution in [1.29, 1.82) is 0 Å². The molecule has 0 aliphatic heterocycles. The quantitative estimate of drug-likeness (QED) is 0.378. The van der Waals surface area contributed by atoms with E-state index in [1.54, 1.807) is 12.1 Å². The predicted octanol–water partition coefficient (Wildman–Crippen LogP) is 1.44. The molecule has 0 N–H and O–H groups in total. The van der Waals surface area contributed by atoms with Crippen molar-refractivity contribution in [2.24, 2.45) is 0 Å². The summed E-state index contributed by atoms with van der Waals surface area (Å²) in [6.07, 6.45) is 1.50. The number of carbonyl (C=O) groups is 1. The molecule has 0 radical (unpaired) electrons. The fourth-order valence-electron chi connectivity index (χ4n) is 0.624. The third-order valence-electron chi connectivity index (χ3n) is 1.10. The Morgan fingerprint density at radius 1 is 1.31 bits per heavy atom. The van der Waals surface area contributed by atoms with Gasteiger partial charge < -0.3 is 9.59 Å². The fraction of sp³-hybridized carbons (Fsp3) is 0.100. The Labute approximate surface area is 94.5 Å². The van der Waals surface area contributed by atoms with Gasteiger partial charge in [-0.25, -0.2) is 0 Å². The molecule has 0 heterocycles. The van der Waals surface area contributed by atoms with Gasteiger partial charge in [-0.3, -0.25) is 6.29 Å². The molecule has 0 atom stereocenters. The number of hydrogen-bond donors (Lipinski definition) is 0. The number of Topliss-reactive ketones (excluding diaryl/α,β-unsaturated/α-hetero) is 1. The zero-order valence-corrected chi connectivity index (χ0v) is 9.03. The van der Waals surface area contributed by atoms with Crippen molar-refractivity contribution < 1.29 is 9.59 Å². The van der Waals surface area contributed by atoms with Crippen molar-refractivity contribution in [1.82, 2.24) is 0 Å². The molecular weight excluding hydrogens is 176 g/mol. The Hall–Kier alpha value is -0.804. The molecule has 1 rings (SSSR count). The van der Waals surface area contributed by atoms with Crippen LogP contribution in [-0.4, -0.2) is 35.1 Å². The first-order valence-corrected chi connectivity index (χ1v) is 3.42. The Morgan fingerprint density at radius 2 is 1.69 bits per heavy atom. The standard InChI is InChI=1S/C8H7O.C2H3O.Mg/c1-7(9)8-5-3-2-4-6-8;1-2-3;/h2-6H,1H2;1H3;/q2*-1;+2. The van der Waals surface area contributed by atoms with E-state index in [1.165, 1.54) is 13.2 Å².